The average Bonchev–Trinajstić information content (AvgIpc) is 3.31. The van der Waals surface area contributed by atoms with Gasteiger partial charge in [0.25, 0.3) is 0 Å². The lowest BCUT2D eigenvalue weighted by atomic mass is 10.1. The fourth-order valence-electron chi connectivity index (χ4n) is 3.84. The summed E-state index contributed by atoms with van der Waals surface area (Å²) >= 11 is 1.77. The maximum absolute atomic E-state index is 4.36. The molecule has 6 heteroatoms. The molecule has 0 radical (unpaired) electrons. The van der Waals surface area contributed by atoms with Crippen molar-refractivity contribution in [3.63, 3.8) is 0 Å². The molecule has 1 aliphatic heterocycles. The van der Waals surface area contributed by atoms with Crippen molar-refractivity contribution >= 4 is 22.2 Å². The second-order valence-electron chi connectivity index (χ2n) is 7.20. The molecule has 1 unspecified atom stereocenters. The Balaban J connectivity index is 1.32. The van der Waals surface area contributed by atoms with Crippen molar-refractivity contribution in [2.75, 3.05) is 26.7 Å². The van der Waals surface area contributed by atoms with Gasteiger partial charge in [-0.1, -0.05) is 18.2 Å². The van der Waals surface area contributed by atoms with Gasteiger partial charge in [-0.05, 0) is 38.4 Å². The van der Waals surface area contributed by atoms with E-state index in [4.69, 9.17) is 0 Å². The number of benzene rings is 1. The lowest BCUT2D eigenvalue weighted by Gasteiger charge is -2.21. The molecule has 3 aromatic rings. The molecule has 0 spiro atoms. The van der Waals surface area contributed by atoms with Crippen LogP contribution in [0, 0.1) is 12.8 Å². The number of aromatic nitrogens is 3. The Morgan fingerprint density at radius 2 is 2.32 bits per heavy atom. The summed E-state index contributed by atoms with van der Waals surface area (Å²) in [6.07, 6.45) is 3.19. The molecular formula is C19H25N5S. The van der Waals surface area contributed by atoms with Crippen LogP contribution in [0.15, 0.2) is 29.9 Å². The molecular weight excluding hydrogens is 330 g/mol. The van der Waals surface area contributed by atoms with E-state index in [2.05, 4.69) is 57.2 Å². The summed E-state index contributed by atoms with van der Waals surface area (Å²) in [5, 5.41) is 8.53. The first-order chi connectivity index (χ1) is 12.2. The number of rotatable bonds is 6. The molecule has 1 aliphatic rings. The molecule has 4 rings (SSSR count). The topological polar surface area (TPSA) is 48.1 Å². The molecule has 1 aromatic carbocycles. The van der Waals surface area contributed by atoms with E-state index >= 15 is 0 Å². The number of aryl methyl sites for hydroxylation is 1. The molecule has 2 aromatic heterocycles. The molecule has 25 heavy (non-hydrogen) atoms. The van der Waals surface area contributed by atoms with E-state index in [9.17, 15) is 0 Å². The zero-order valence-corrected chi connectivity index (χ0v) is 15.7. The monoisotopic (exact) mass is 355 g/mol. The lowest BCUT2D eigenvalue weighted by molar-refractivity contribution is 0.256. The Kier molecular flexibility index (Phi) is 4.83. The quantitative estimate of drug-likeness (QED) is 0.737. The first kappa shape index (κ1) is 16.7. The molecule has 1 atom stereocenters. The molecule has 1 saturated heterocycles. The minimum absolute atomic E-state index is 0.749. The van der Waals surface area contributed by atoms with Crippen LogP contribution in [0.3, 0.4) is 0 Å². The Hall–Kier alpha value is -1.76. The van der Waals surface area contributed by atoms with Gasteiger partial charge in [-0.25, -0.2) is 4.98 Å². The van der Waals surface area contributed by atoms with Gasteiger partial charge in [0.05, 0.1) is 22.9 Å². The number of fused-ring (bicyclic) bond motifs is 1. The van der Waals surface area contributed by atoms with Gasteiger partial charge in [0, 0.05) is 36.4 Å². The van der Waals surface area contributed by atoms with E-state index in [1.54, 1.807) is 11.3 Å². The molecule has 1 fully saturated rings. The first-order valence-corrected chi connectivity index (χ1v) is 9.78. The van der Waals surface area contributed by atoms with Gasteiger partial charge >= 0.3 is 0 Å². The Labute approximate surface area is 152 Å². The number of H-pyrrole nitrogens is 1. The minimum atomic E-state index is 0.749. The van der Waals surface area contributed by atoms with Crippen molar-refractivity contribution in [3.05, 3.63) is 46.0 Å². The second kappa shape index (κ2) is 7.23. The van der Waals surface area contributed by atoms with Gasteiger partial charge in [-0.2, -0.15) is 5.10 Å². The summed E-state index contributed by atoms with van der Waals surface area (Å²) in [5.74, 6) is 0.749. The number of nitrogens with one attached hydrogen (secondary N) is 1. The van der Waals surface area contributed by atoms with Crippen molar-refractivity contribution < 1.29 is 0 Å². The van der Waals surface area contributed by atoms with Gasteiger partial charge in [-0.3, -0.25) is 10.00 Å². The fourth-order valence-corrected chi connectivity index (χ4v) is 4.69. The number of aromatic amines is 1. The SMILES string of the molecule is Cc1ncsc1CN(C)CC1CCN(Cc2cccc3cn[nH]c23)C1. The second-order valence-corrected chi connectivity index (χ2v) is 8.14. The van der Waals surface area contributed by atoms with Crippen LogP contribution in [0.25, 0.3) is 10.9 Å². The summed E-state index contributed by atoms with van der Waals surface area (Å²) in [5.41, 5.74) is 5.66. The van der Waals surface area contributed by atoms with Crippen molar-refractivity contribution in [2.45, 2.75) is 26.4 Å². The van der Waals surface area contributed by atoms with Crippen LogP contribution in [0.1, 0.15) is 22.6 Å². The van der Waals surface area contributed by atoms with E-state index in [-0.39, 0.29) is 0 Å². The first-order valence-electron chi connectivity index (χ1n) is 8.90. The predicted molar refractivity (Wildman–Crippen MR) is 103 cm³/mol. The summed E-state index contributed by atoms with van der Waals surface area (Å²) in [7, 11) is 2.23. The van der Waals surface area contributed by atoms with Crippen molar-refractivity contribution in [3.8, 4) is 0 Å². The van der Waals surface area contributed by atoms with Crippen LogP contribution < -0.4 is 0 Å². The third kappa shape index (κ3) is 3.76. The zero-order chi connectivity index (χ0) is 17.2. The Morgan fingerprint density at radius 1 is 1.40 bits per heavy atom. The number of hydrogen-bond acceptors (Lipinski definition) is 5. The van der Waals surface area contributed by atoms with Crippen LogP contribution in [0.2, 0.25) is 0 Å². The van der Waals surface area contributed by atoms with Crippen LogP contribution >= 0.6 is 11.3 Å². The molecule has 1 N–H and O–H groups in total. The number of nitrogens with zero attached hydrogens (tertiary/aromatic N) is 4. The zero-order valence-electron chi connectivity index (χ0n) is 14.9. The number of likely N-dealkylation sites (tertiary alicyclic amines) is 1. The maximum atomic E-state index is 4.36. The standard InChI is InChI=1S/C19H25N5S/c1-14-18(25-13-20-14)12-23(2)9-15-6-7-24(10-15)11-17-5-3-4-16-8-21-22-19(16)17/h3-5,8,13,15H,6-7,9-12H2,1-2H3,(H,21,22). The highest BCUT2D eigenvalue weighted by molar-refractivity contribution is 7.09. The number of hydrogen-bond donors (Lipinski definition) is 1. The minimum Gasteiger partial charge on any atom is -0.301 e. The van der Waals surface area contributed by atoms with E-state index < -0.39 is 0 Å². The highest BCUT2D eigenvalue weighted by atomic mass is 32.1. The molecule has 0 saturated carbocycles. The fraction of sp³-hybridized carbons (Fsp3) is 0.474. The number of thiazole rings is 1. The smallest absolute Gasteiger partial charge is 0.0798 e. The number of para-hydroxylation sites is 1. The molecule has 5 nitrogen and oxygen atoms in total. The van der Waals surface area contributed by atoms with Crippen molar-refractivity contribution in [1.82, 2.24) is 25.0 Å². The van der Waals surface area contributed by atoms with E-state index in [0.29, 0.717) is 0 Å². The summed E-state index contributed by atoms with van der Waals surface area (Å²) < 4.78 is 0. The van der Waals surface area contributed by atoms with Crippen molar-refractivity contribution in [2.24, 2.45) is 5.92 Å². The maximum Gasteiger partial charge on any atom is 0.0798 e. The molecule has 132 valence electrons. The highest BCUT2D eigenvalue weighted by Gasteiger charge is 2.24. The van der Waals surface area contributed by atoms with E-state index in [1.807, 2.05) is 11.7 Å². The largest absolute Gasteiger partial charge is 0.301 e. The summed E-state index contributed by atoms with van der Waals surface area (Å²) in [6, 6.07) is 6.46. The normalized spacial score (nSPS) is 18.6. The molecule has 0 bridgehead atoms. The highest BCUT2D eigenvalue weighted by Crippen LogP contribution is 2.23. The summed E-state index contributed by atoms with van der Waals surface area (Å²) in [6.45, 7) is 7.64. The van der Waals surface area contributed by atoms with Crippen LogP contribution in [-0.2, 0) is 13.1 Å². The third-order valence-electron chi connectivity index (χ3n) is 5.16. The van der Waals surface area contributed by atoms with Gasteiger partial charge in [-0.15, -0.1) is 11.3 Å². The molecule has 3 heterocycles. The van der Waals surface area contributed by atoms with Crippen molar-refractivity contribution in [1.29, 1.82) is 0 Å². The third-order valence-corrected chi connectivity index (χ3v) is 6.07. The van der Waals surface area contributed by atoms with Crippen LogP contribution in [0.4, 0.5) is 0 Å². The van der Waals surface area contributed by atoms with Gasteiger partial charge < -0.3 is 4.90 Å². The van der Waals surface area contributed by atoms with Gasteiger partial charge in [0.2, 0.25) is 0 Å². The van der Waals surface area contributed by atoms with Crippen LogP contribution in [0.5, 0.6) is 0 Å². The van der Waals surface area contributed by atoms with Gasteiger partial charge in [0.1, 0.15) is 0 Å². The predicted octanol–water partition coefficient (Wildman–Crippen LogP) is 3.28. The average molecular weight is 356 g/mol. The van der Waals surface area contributed by atoms with E-state index in [0.717, 1.165) is 25.6 Å². The van der Waals surface area contributed by atoms with E-state index in [1.165, 1.54) is 46.5 Å². The Morgan fingerprint density at radius 3 is 3.16 bits per heavy atom. The Bertz CT molecular complexity index is 839. The molecule has 0 aliphatic carbocycles. The summed E-state index contributed by atoms with van der Waals surface area (Å²) in [4.78, 5) is 10.8. The van der Waals surface area contributed by atoms with Crippen LogP contribution in [-0.4, -0.2) is 51.7 Å². The lowest BCUT2D eigenvalue weighted by Crippen LogP contribution is -2.28. The molecule has 0 amide bonds. The van der Waals surface area contributed by atoms with Gasteiger partial charge in [0.15, 0.2) is 0 Å².